The number of nitrogens with zero attached hydrogens (tertiary/aromatic N) is 5. The Morgan fingerprint density at radius 2 is 2.44 bits per heavy atom. The van der Waals surface area contributed by atoms with Gasteiger partial charge in [0, 0.05) is 19.4 Å². The summed E-state index contributed by atoms with van der Waals surface area (Å²) in [5, 5.41) is 19.4. The molecule has 16 heavy (non-hydrogen) atoms. The van der Waals surface area contributed by atoms with Crippen LogP contribution in [-0.2, 0) is 13.6 Å². The molecule has 0 saturated carbocycles. The normalized spacial score (nSPS) is 11.9. The Balaban J connectivity index is 2.25. The average molecular weight is 220 g/mol. The van der Waals surface area contributed by atoms with Crippen molar-refractivity contribution in [3.63, 3.8) is 0 Å². The molecule has 3 N–H and O–H groups in total. The number of nitrogens with two attached hydrogens (primary N) is 1. The lowest BCUT2D eigenvalue weighted by Crippen LogP contribution is -2.18. The van der Waals surface area contributed by atoms with Gasteiger partial charge in [-0.1, -0.05) is 10.4 Å². The Kier molecular flexibility index (Phi) is 2.59. The van der Waals surface area contributed by atoms with Crippen molar-refractivity contribution in [1.82, 2.24) is 19.6 Å². The minimum absolute atomic E-state index is 0.0777. The standard InChI is InChI=1S/C9H12N6O/c1-14-5-7(11-13-14)6-15-4-2-3-8(15)9(10)12-16/h2-5,16H,6H2,1H3,(H2,10,12). The summed E-state index contributed by atoms with van der Waals surface area (Å²) in [7, 11) is 1.80. The van der Waals surface area contributed by atoms with E-state index in [2.05, 4.69) is 15.5 Å². The highest BCUT2D eigenvalue weighted by molar-refractivity contribution is 5.95. The molecule has 2 rings (SSSR count). The highest BCUT2D eigenvalue weighted by Gasteiger charge is 2.07. The van der Waals surface area contributed by atoms with Crippen molar-refractivity contribution in [1.29, 1.82) is 0 Å². The first-order valence-electron chi connectivity index (χ1n) is 4.69. The molecule has 0 atom stereocenters. The maximum absolute atomic E-state index is 8.62. The van der Waals surface area contributed by atoms with Gasteiger partial charge in [-0.2, -0.15) is 0 Å². The van der Waals surface area contributed by atoms with Crippen molar-refractivity contribution in [2.24, 2.45) is 17.9 Å². The molecule has 0 radical (unpaired) electrons. The third kappa shape index (κ3) is 1.88. The second-order valence-corrected chi connectivity index (χ2v) is 3.39. The average Bonchev–Trinajstić information content (AvgIpc) is 2.87. The zero-order valence-corrected chi connectivity index (χ0v) is 8.78. The van der Waals surface area contributed by atoms with Gasteiger partial charge in [0.1, 0.15) is 5.69 Å². The molecule has 7 nitrogen and oxygen atoms in total. The molecule has 0 aliphatic carbocycles. The Morgan fingerprint density at radius 3 is 3.06 bits per heavy atom. The molecule has 0 unspecified atom stereocenters. The molecule has 0 aliphatic rings. The predicted molar refractivity (Wildman–Crippen MR) is 57.0 cm³/mol. The molecule has 0 amide bonds. The molecule has 2 aromatic rings. The molecule has 0 saturated heterocycles. The summed E-state index contributed by atoms with van der Waals surface area (Å²) in [6, 6.07) is 3.59. The van der Waals surface area contributed by atoms with E-state index in [1.54, 1.807) is 17.8 Å². The number of oxime groups is 1. The van der Waals surface area contributed by atoms with E-state index < -0.39 is 0 Å². The number of hydrogen-bond donors (Lipinski definition) is 2. The van der Waals surface area contributed by atoms with Gasteiger partial charge in [-0.05, 0) is 12.1 Å². The van der Waals surface area contributed by atoms with E-state index in [9.17, 15) is 0 Å². The van der Waals surface area contributed by atoms with Crippen molar-refractivity contribution in [2.45, 2.75) is 6.54 Å². The van der Waals surface area contributed by atoms with E-state index in [0.29, 0.717) is 12.2 Å². The third-order valence-corrected chi connectivity index (χ3v) is 2.18. The predicted octanol–water partition coefficient (Wildman–Crippen LogP) is -0.241. The third-order valence-electron chi connectivity index (χ3n) is 2.18. The van der Waals surface area contributed by atoms with Gasteiger partial charge < -0.3 is 15.5 Å². The largest absolute Gasteiger partial charge is 0.409 e. The van der Waals surface area contributed by atoms with Gasteiger partial charge in [0.2, 0.25) is 0 Å². The molecule has 0 aliphatic heterocycles. The number of hydrogen-bond acceptors (Lipinski definition) is 4. The number of aromatic nitrogens is 4. The number of amidine groups is 1. The van der Waals surface area contributed by atoms with Crippen LogP contribution >= 0.6 is 0 Å². The molecule has 0 bridgehead atoms. The van der Waals surface area contributed by atoms with Crippen LogP contribution in [0.2, 0.25) is 0 Å². The Morgan fingerprint density at radius 1 is 1.62 bits per heavy atom. The molecular formula is C9H12N6O. The van der Waals surface area contributed by atoms with Crippen LogP contribution in [0.1, 0.15) is 11.4 Å². The fourth-order valence-corrected chi connectivity index (χ4v) is 1.48. The maximum Gasteiger partial charge on any atom is 0.186 e. The summed E-state index contributed by atoms with van der Waals surface area (Å²) in [6.45, 7) is 0.534. The van der Waals surface area contributed by atoms with Crippen molar-refractivity contribution >= 4 is 5.84 Å². The summed E-state index contributed by atoms with van der Waals surface area (Å²) < 4.78 is 3.46. The molecule has 0 spiro atoms. The van der Waals surface area contributed by atoms with Gasteiger partial charge in [-0.25, -0.2) is 0 Å². The van der Waals surface area contributed by atoms with Gasteiger partial charge in [0.15, 0.2) is 5.84 Å². The van der Waals surface area contributed by atoms with Crippen LogP contribution in [0, 0.1) is 0 Å². The van der Waals surface area contributed by atoms with Crippen molar-refractivity contribution in [3.8, 4) is 0 Å². The van der Waals surface area contributed by atoms with E-state index in [-0.39, 0.29) is 5.84 Å². The summed E-state index contributed by atoms with van der Waals surface area (Å²) in [4.78, 5) is 0. The van der Waals surface area contributed by atoms with Crippen LogP contribution in [0.4, 0.5) is 0 Å². The first kappa shape index (κ1) is 10.2. The second kappa shape index (κ2) is 4.05. The monoisotopic (exact) mass is 220 g/mol. The lowest BCUT2D eigenvalue weighted by molar-refractivity contribution is 0.318. The molecule has 0 aromatic carbocycles. The van der Waals surface area contributed by atoms with Crippen molar-refractivity contribution in [3.05, 3.63) is 35.9 Å². The van der Waals surface area contributed by atoms with Crippen molar-refractivity contribution in [2.75, 3.05) is 0 Å². The zero-order chi connectivity index (χ0) is 11.5. The summed E-state index contributed by atoms with van der Waals surface area (Å²) in [5.74, 6) is 0.0777. The van der Waals surface area contributed by atoms with Crippen LogP contribution in [-0.4, -0.2) is 30.6 Å². The van der Waals surface area contributed by atoms with Gasteiger partial charge in [-0.15, -0.1) is 5.10 Å². The van der Waals surface area contributed by atoms with Crippen LogP contribution < -0.4 is 5.73 Å². The maximum atomic E-state index is 8.62. The van der Waals surface area contributed by atoms with Gasteiger partial charge in [-0.3, -0.25) is 4.68 Å². The summed E-state index contributed by atoms with van der Waals surface area (Å²) >= 11 is 0. The zero-order valence-electron chi connectivity index (χ0n) is 8.78. The topological polar surface area (TPSA) is 94.2 Å². The van der Waals surface area contributed by atoms with E-state index in [1.807, 2.05) is 23.0 Å². The molecule has 2 heterocycles. The number of rotatable bonds is 3. The Bertz CT molecular complexity index is 512. The number of aryl methyl sites for hydroxylation is 1. The van der Waals surface area contributed by atoms with E-state index in [4.69, 9.17) is 10.9 Å². The SMILES string of the molecule is Cn1cc(Cn2cccc2/C(N)=N/O)nn1. The first-order valence-corrected chi connectivity index (χ1v) is 4.69. The highest BCUT2D eigenvalue weighted by Crippen LogP contribution is 2.05. The van der Waals surface area contributed by atoms with Gasteiger partial charge in [0.25, 0.3) is 0 Å². The van der Waals surface area contributed by atoms with Crippen molar-refractivity contribution < 1.29 is 5.21 Å². The fraction of sp³-hybridized carbons (Fsp3) is 0.222. The minimum Gasteiger partial charge on any atom is -0.409 e. The van der Waals surface area contributed by atoms with E-state index >= 15 is 0 Å². The highest BCUT2D eigenvalue weighted by atomic mass is 16.4. The smallest absolute Gasteiger partial charge is 0.186 e. The van der Waals surface area contributed by atoms with Crippen LogP contribution in [0.25, 0.3) is 0 Å². The van der Waals surface area contributed by atoms with E-state index in [1.165, 1.54) is 0 Å². The molecule has 7 heteroatoms. The summed E-state index contributed by atoms with van der Waals surface area (Å²) in [6.07, 6.45) is 3.65. The van der Waals surface area contributed by atoms with E-state index in [0.717, 1.165) is 5.69 Å². The quantitative estimate of drug-likeness (QED) is 0.323. The molecule has 0 fully saturated rings. The van der Waals surface area contributed by atoms with Crippen LogP contribution in [0.3, 0.4) is 0 Å². The fourth-order valence-electron chi connectivity index (χ4n) is 1.48. The minimum atomic E-state index is 0.0777. The molecule has 84 valence electrons. The first-order chi connectivity index (χ1) is 7.70. The molecular weight excluding hydrogens is 208 g/mol. The Hall–Kier alpha value is -2.31. The van der Waals surface area contributed by atoms with Gasteiger partial charge in [0.05, 0.1) is 12.2 Å². The Labute approximate surface area is 91.8 Å². The lowest BCUT2D eigenvalue weighted by Gasteiger charge is -2.05. The lowest BCUT2D eigenvalue weighted by atomic mass is 10.4. The van der Waals surface area contributed by atoms with Crippen LogP contribution in [0.5, 0.6) is 0 Å². The summed E-state index contributed by atoms with van der Waals surface area (Å²) in [5.41, 5.74) is 6.99. The second-order valence-electron chi connectivity index (χ2n) is 3.39. The van der Waals surface area contributed by atoms with Gasteiger partial charge >= 0.3 is 0 Å². The molecule has 2 aromatic heterocycles. The van der Waals surface area contributed by atoms with Crippen LogP contribution in [0.15, 0.2) is 29.7 Å².